The highest BCUT2D eigenvalue weighted by Gasteiger charge is 2.51. The van der Waals surface area contributed by atoms with Crippen LogP contribution < -0.4 is 0 Å². The second-order valence-corrected chi connectivity index (χ2v) is 17.2. The molecule has 2 heterocycles. The SMILES string of the molecule is CCC(O)C[C@@H]1CC(=O)C[C@@]2(C[C@H](O[Si](C)(C)C(C)(C)C)C[C@H](COC(=O)C(C)(C)C)O2)O1. The van der Waals surface area contributed by atoms with Crippen LogP contribution in [0.15, 0.2) is 0 Å². The normalized spacial score (nSPS) is 30.4. The Bertz CT molecular complexity index is 694. The van der Waals surface area contributed by atoms with Crippen molar-refractivity contribution in [3.8, 4) is 0 Å². The van der Waals surface area contributed by atoms with E-state index in [2.05, 4.69) is 33.9 Å². The summed E-state index contributed by atoms with van der Waals surface area (Å²) in [5, 5.41) is 10.2. The van der Waals surface area contributed by atoms with Gasteiger partial charge < -0.3 is 23.7 Å². The van der Waals surface area contributed by atoms with E-state index in [0.717, 1.165) is 0 Å². The molecular formula is C25H46O7Si. The highest BCUT2D eigenvalue weighted by molar-refractivity contribution is 6.74. The second kappa shape index (κ2) is 10.4. The summed E-state index contributed by atoms with van der Waals surface area (Å²) in [6.45, 7) is 18.4. The van der Waals surface area contributed by atoms with Crippen molar-refractivity contribution in [3.63, 3.8) is 0 Å². The van der Waals surface area contributed by atoms with E-state index in [0.29, 0.717) is 25.7 Å². The standard InChI is InChI=1S/C25H46O7Si/c1-10-17(26)11-19-12-18(27)14-25(30-19)15-20(32-33(8,9)24(5,6)7)13-21(31-25)16-29-22(28)23(2,3)4/h17,19-21,26H,10-16H2,1-9H3/t17?,19-,20-,21-,25-/m1/s1. The molecule has 192 valence electrons. The zero-order chi connectivity index (χ0) is 25.2. The smallest absolute Gasteiger partial charge is 0.311 e. The first kappa shape index (κ1) is 28.4. The molecule has 8 heteroatoms. The number of hydrogen-bond acceptors (Lipinski definition) is 7. The Morgan fingerprint density at radius 1 is 1.18 bits per heavy atom. The summed E-state index contributed by atoms with van der Waals surface area (Å²) >= 11 is 0. The first-order valence-corrected chi connectivity index (χ1v) is 15.3. The molecule has 0 amide bonds. The quantitative estimate of drug-likeness (QED) is 0.410. The number of rotatable bonds is 7. The summed E-state index contributed by atoms with van der Waals surface area (Å²) in [6.07, 6.45) is 0.929. The van der Waals surface area contributed by atoms with Gasteiger partial charge in [0.25, 0.3) is 0 Å². The van der Waals surface area contributed by atoms with Crippen LogP contribution in [-0.4, -0.2) is 62.0 Å². The first-order valence-electron chi connectivity index (χ1n) is 12.4. The predicted molar refractivity (Wildman–Crippen MR) is 129 cm³/mol. The summed E-state index contributed by atoms with van der Waals surface area (Å²) < 4.78 is 25.0. The Morgan fingerprint density at radius 2 is 1.79 bits per heavy atom. The minimum atomic E-state index is -2.09. The van der Waals surface area contributed by atoms with Crippen LogP contribution in [0.3, 0.4) is 0 Å². The lowest BCUT2D eigenvalue weighted by Gasteiger charge is -2.50. The highest BCUT2D eigenvalue weighted by atomic mass is 28.4. The molecule has 2 fully saturated rings. The van der Waals surface area contributed by atoms with Crippen molar-refractivity contribution in [1.82, 2.24) is 0 Å². The molecule has 2 rings (SSSR count). The van der Waals surface area contributed by atoms with Gasteiger partial charge in [0, 0.05) is 25.7 Å². The molecular weight excluding hydrogens is 440 g/mol. The monoisotopic (exact) mass is 486 g/mol. The molecule has 1 spiro atoms. The minimum absolute atomic E-state index is 0.0314. The number of carbonyl (C=O) groups is 2. The Labute approximate surface area is 201 Å². The van der Waals surface area contributed by atoms with Crippen LogP contribution in [0.5, 0.6) is 0 Å². The zero-order valence-corrected chi connectivity index (χ0v) is 23.2. The van der Waals surface area contributed by atoms with Crippen molar-refractivity contribution in [2.45, 2.75) is 135 Å². The largest absolute Gasteiger partial charge is 0.463 e. The minimum Gasteiger partial charge on any atom is -0.463 e. The highest BCUT2D eigenvalue weighted by Crippen LogP contribution is 2.44. The van der Waals surface area contributed by atoms with Gasteiger partial charge >= 0.3 is 5.97 Å². The molecule has 0 radical (unpaired) electrons. The van der Waals surface area contributed by atoms with Crippen LogP contribution >= 0.6 is 0 Å². The number of carbonyl (C=O) groups excluding carboxylic acids is 2. The lowest BCUT2D eigenvalue weighted by atomic mass is 9.89. The third-order valence-corrected chi connectivity index (χ3v) is 11.6. The fourth-order valence-corrected chi connectivity index (χ4v) is 5.47. The van der Waals surface area contributed by atoms with Gasteiger partial charge in [0.2, 0.25) is 0 Å². The maximum Gasteiger partial charge on any atom is 0.311 e. The van der Waals surface area contributed by atoms with E-state index in [9.17, 15) is 14.7 Å². The average molecular weight is 487 g/mol. The molecule has 0 aromatic rings. The van der Waals surface area contributed by atoms with Gasteiger partial charge in [-0.2, -0.15) is 0 Å². The van der Waals surface area contributed by atoms with E-state index in [1.165, 1.54) is 0 Å². The van der Waals surface area contributed by atoms with Gasteiger partial charge in [-0.1, -0.05) is 27.7 Å². The van der Waals surface area contributed by atoms with Crippen molar-refractivity contribution < 1.29 is 33.3 Å². The van der Waals surface area contributed by atoms with E-state index in [-0.39, 0.29) is 42.3 Å². The Morgan fingerprint density at radius 3 is 2.33 bits per heavy atom. The molecule has 33 heavy (non-hydrogen) atoms. The maximum absolute atomic E-state index is 12.7. The molecule has 2 aliphatic heterocycles. The summed E-state index contributed by atoms with van der Waals surface area (Å²) in [7, 11) is -2.09. The molecule has 1 unspecified atom stereocenters. The third kappa shape index (κ3) is 7.85. The van der Waals surface area contributed by atoms with Crippen LogP contribution in [0, 0.1) is 5.41 Å². The summed E-state index contributed by atoms with van der Waals surface area (Å²) in [4.78, 5) is 25.1. The second-order valence-electron chi connectivity index (χ2n) is 12.4. The third-order valence-electron chi connectivity index (χ3n) is 7.04. The number of ether oxygens (including phenoxy) is 3. The average Bonchev–Trinajstić information content (AvgIpc) is 2.62. The molecule has 7 nitrogen and oxygen atoms in total. The van der Waals surface area contributed by atoms with E-state index >= 15 is 0 Å². The van der Waals surface area contributed by atoms with Gasteiger partial charge in [0.05, 0.1) is 36.3 Å². The number of Topliss-reactive ketones (excluding diaryl/α,β-unsaturated/α-hetero) is 1. The molecule has 2 saturated heterocycles. The molecule has 0 saturated carbocycles. The van der Waals surface area contributed by atoms with Gasteiger partial charge in [-0.15, -0.1) is 0 Å². The lowest BCUT2D eigenvalue weighted by Crippen LogP contribution is -2.57. The van der Waals surface area contributed by atoms with Gasteiger partial charge in [0.1, 0.15) is 12.4 Å². The first-order chi connectivity index (χ1) is 15.0. The summed E-state index contributed by atoms with van der Waals surface area (Å²) in [6, 6.07) is 0. The van der Waals surface area contributed by atoms with Crippen LogP contribution in [-0.2, 0) is 28.2 Å². The van der Waals surface area contributed by atoms with Crippen molar-refractivity contribution in [2.24, 2.45) is 5.41 Å². The summed E-state index contributed by atoms with van der Waals surface area (Å²) in [5.74, 6) is -1.34. The molecule has 2 aliphatic rings. The van der Waals surface area contributed by atoms with Crippen molar-refractivity contribution in [2.75, 3.05) is 6.61 Å². The molecule has 0 bridgehead atoms. The molecule has 1 N–H and O–H groups in total. The number of aliphatic hydroxyl groups is 1. The fourth-order valence-electron chi connectivity index (χ4n) is 4.10. The Hall–Kier alpha value is -0.803. The van der Waals surface area contributed by atoms with Crippen LogP contribution in [0.4, 0.5) is 0 Å². The topological polar surface area (TPSA) is 91.3 Å². The number of ketones is 1. The Kier molecular flexibility index (Phi) is 9.00. The number of esters is 1. The van der Waals surface area contributed by atoms with Crippen LogP contribution in [0.1, 0.15) is 87.0 Å². The summed E-state index contributed by atoms with van der Waals surface area (Å²) in [5.41, 5.74) is -0.609. The fraction of sp³-hybridized carbons (Fsp3) is 0.920. The van der Waals surface area contributed by atoms with Crippen molar-refractivity contribution >= 4 is 20.1 Å². The maximum atomic E-state index is 12.7. The zero-order valence-electron chi connectivity index (χ0n) is 22.2. The van der Waals surface area contributed by atoms with Crippen LogP contribution in [0.25, 0.3) is 0 Å². The molecule has 0 aromatic heterocycles. The Balaban J connectivity index is 2.24. The van der Waals surface area contributed by atoms with E-state index in [1.807, 2.05) is 27.7 Å². The van der Waals surface area contributed by atoms with Gasteiger partial charge in [-0.25, -0.2) is 0 Å². The van der Waals surface area contributed by atoms with Crippen molar-refractivity contribution in [3.05, 3.63) is 0 Å². The van der Waals surface area contributed by atoms with Crippen molar-refractivity contribution in [1.29, 1.82) is 0 Å². The molecule has 0 aliphatic carbocycles. The van der Waals surface area contributed by atoms with E-state index in [1.54, 1.807) is 0 Å². The molecule has 0 aromatic carbocycles. The van der Waals surface area contributed by atoms with E-state index < -0.39 is 37.8 Å². The number of hydrogen-bond donors (Lipinski definition) is 1. The number of aliphatic hydroxyl groups excluding tert-OH is 1. The van der Waals surface area contributed by atoms with E-state index in [4.69, 9.17) is 18.6 Å². The lowest BCUT2D eigenvalue weighted by molar-refractivity contribution is -0.322. The van der Waals surface area contributed by atoms with Crippen LogP contribution in [0.2, 0.25) is 18.1 Å². The van der Waals surface area contributed by atoms with Gasteiger partial charge in [-0.3, -0.25) is 9.59 Å². The van der Waals surface area contributed by atoms with Gasteiger partial charge in [-0.05, 0) is 45.3 Å². The molecule has 5 atom stereocenters. The predicted octanol–water partition coefficient (Wildman–Crippen LogP) is 4.75. The van der Waals surface area contributed by atoms with Gasteiger partial charge in [0.15, 0.2) is 14.1 Å².